The van der Waals surface area contributed by atoms with E-state index in [9.17, 15) is 5.11 Å². The number of hydrogen-bond donors (Lipinski definition) is 2. The molecular weight excluding hydrogens is 250 g/mol. The Kier molecular flexibility index (Phi) is 5.59. The van der Waals surface area contributed by atoms with Gasteiger partial charge < -0.3 is 15.2 Å². The first-order valence-electron chi connectivity index (χ1n) is 6.86. The third-order valence-electron chi connectivity index (χ3n) is 3.27. The van der Waals surface area contributed by atoms with Crippen LogP contribution < -0.4 is 10.1 Å². The Morgan fingerprint density at radius 3 is 2.40 bits per heavy atom. The molecule has 0 aromatic heterocycles. The fraction of sp³-hybridized carbons (Fsp3) is 0.294. The number of benzene rings is 2. The number of rotatable bonds is 7. The first-order valence-corrected chi connectivity index (χ1v) is 6.86. The van der Waals surface area contributed by atoms with E-state index >= 15 is 0 Å². The molecule has 0 amide bonds. The van der Waals surface area contributed by atoms with Crippen molar-refractivity contribution < 1.29 is 9.84 Å². The molecule has 0 aliphatic heterocycles. The first kappa shape index (κ1) is 14.6. The van der Waals surface area contributed by atoms with Crippen molar-refractivity contribution in [3.8, 4) is 5.75 Å². The summed E-state index contributed by atoms with van der Waals surface area (Å²) < 4.78 is 5.13. The van der Waals surface area contributed by atoms with E-state index in [0.29, 0.717) is 6.54 Å². The van der Waals surface area contributed by atoms with Gasteiger partial charge in [0.15, 0.2) is 0 Å². The number of hydrogen-bond acceptors (Lipinski definition) is 3. The SMILES string of the molecule is COc1ccc(CCNC[C@H](O)c2ccccc2)cc1. The van der Waals surface area contributed by atoms with Crippen LogP contribution in [-0.4, -0.2) is 25.3 Å². The van der Waals surface area contributed by atoms with E-state index < -0.39 is 6.10 Å². The fourth-order valence-electron chi connectivity index (χ4n) is 2.06. The predicted molar refractivity (Wildman–Crippen MR) is 81.0 cm³/mol. The van der Waals surface area contributed by atoms with Crippen molar-refractivity contribution in [1.29, 1.82) is 0 Å². The van der Waals surface area contributed by atoms with E-state index in [1.165, 1.54) is 5.56 Å². The number of aliphatic hydroxyl groups excluding tert-OH is 1. The highest BCUT2D eigenvalue weighted by Gasteiger charge is 2.05. The van der Waals surface area contributed by atoms with Gasteiger partial charge in [0.2, 0.25) is 0 Å². The van der Waals surface area contributed by atoms with Crippen LogP contribution in [0.2, 0.25) is 0 Å². The molecule has 0 fully saturated rings. The fourth-order valence-corrected chi connectivity index (χ4v) is 2.06. The van der Waals surface area contributed by atoms with Gasteiger partial charge >= 0.3 is 0 Å². The maximum absolute atomic E-state index is 10.0. The molecule has 0 saturated heterocycles. The number of methoxy groups -OCH3 is 1. The van der Waals surface area contributed by atoms with Crippen molar-refractivity contribution in [3.05, 3.63) is 65.7 Å². The Bertz CT molecular complexity index is 496. The summed E-state index contributed by atoms with van der Waals surface area (Å²) in [6.07, 6.45) is 0.484. The second-order valence-electron chi connectivity index (χ2n) is 4.73. The normalized spacial score (nSPS) is 12.1. The number of nitrogens with one attached hydrogen (secondary N) is 1. The monoisotopic (exact) mass is 271 g/mol. The highest BCUT2D eigenvalue weighted by Crippen LogP contribution is 2.12. The highest BCUT2D eigenvalue weighted by molar-refractivity contribution is 5.27. The maximum atomic E-state index is 10.0. The van der Waals surface area contributed by atoms with Gasteiger partial charge in [0.25, 0.3) is 0 Å². The van der Waals surface area contributed by atoms with Crippen LogP contribution in [0.25, 0.3) is 0 Å². The molecule has 20 heavy (non-hydrogen) atoms. The van der Waals surface area contributed by atoms with Crippen molar-refractivity contribution in [2.75, 3.05) is 20.2 Å². The minimum absolute atomic E-state index is 0.452. The summed E-state index contributed by atoms with van der Waals surface area (Å²) in [5.41, 5.74) is 2.21. The number of ether oxygens (including phenoxy) is 1. The third-order valence-corrected chi connectivity index (χ3v) is 3.27. The van der Waals surface area contributed by atoms with Gasteiger partial charge in [0.05, 0.1) is 13.2 Å². The average molecular weight is 271 g/mol. The van der Waals surface area contributed by atoms with Crippen molar-refractivity contribution in [3.63, 3.8) is 0 Å². The van der Waals surface area contributed by atoms with Gasteiger partial charge in [-0.25, -0.2) is 0 Å². The average Bonchev–Trinajstić information content (AvgIpc) is 2.53. The van der Waals surface area contributed by atoms with Gasteiger partial charge in [-0.3, -0.25) is 0 Å². The second-order valence-corrected chi connectivity index (χ2v) is 4.73. The summed E-state index contributed by atoms with van der Waals surface area (Å²) in [5, 5.41) is 13.3. The molecule has 0 aliphatic rings. The molecule has 0 saturated carbocycles. The molecule has 1 atom stereocenters. The molecular formula is C17H21NO2. The highest BCUT2D eigenvalue weighted by atomic mass is 16.5. The van der Waals surface area contributed by atoms with Gasteiger partial charge in [-0.15, -0.1) is 0 Å². The molecule has 3 nitrogen and oxygen atoms in total. The minimum atomic E-state index is -0.452. The molecule has 0 radical (unpaired) electrons. The van der Waals surface area contributed by atoms with Crippen molar-refractivity contribution in [1.82, 2.24) is 5.32 Å². The molecule has 2 aromatic carbocycles. The zero-order valence-electron chi connectivity index (χ0n) is 11.8. The van der Waals surface area contributed by atoms with Crippen LogP contribution in [0.15, 0.2) is 54.6 Å². The Balaban J connectivity index is 1.70. The molecule has 0 bridgehead atoms. The van der Waals surface area contributed by atoms with E-state index in [-0.39, 0.29) is 0 Å². The molecule has 106 valence electrons. The standard InChI is InChI=1S/C17H21NO2/c1-20-16-9-7-14(8-10-16)11-12-18-13-17(19)15-5-3-2-4-6-15/h2-10,17-19H,11-13H2,1H3/t17-/m0/s1. The van der Waals surface area contributed by atoms with E-state index in [4.69, 9.17) is 4.74 Å². The number of aliphatic hydroxyl groups is 1. The van der Waals surface area contributed by atoms with Gasteiger partial charge in [0, 0.05) is 6.54 Å². The summed E-state index contributed by atoms with van der Waals surface area (Å²) in [4.78, 5) is 0. The molecule has 0 heterocycles. The summed E-state index contributed by atoms with van der Waals surface area (Å²) in [5.74, 6) is 0.876. The van der Waals surface area contributed by atoms with E-state index in [0.717, 1.165) is 24.3 Å². The quantitative estimate of drug-likeness (QED) is 0.760. The predicted octanol–water partition coefficient (Wildman–Crippen LogP) is 2.56. The molecule has 0 aliphatic carbocycles. The first-order chi connectivity index (χ1) is 9.79. The second kappa shape index (κ2) is 7.68. The van der Waals surface area contributed by atoms with Crippen molar-refractivity contribution in [2.45, 2.75) is 12.5 Å². The van der Waals surface area contributed by atoms with E-state index in [2.05, 4.69) is 17.4 Å². The molecule has 2 rings (SSSR count). The van der Waals surface area contributed by atoms with Gasteiger partial charge in [-0.2, -0.15) is 0 Å². The lowest BCUT2D eigenvalue weighted by Crippen LogP contribution is -2.23. The third kappa shape index (κ3) is 4.37. The van der Waals surface area contributed by atoms with Crippen LogP contribution in [0.1, 0.15) is 17.2 Å². The summed E-state index contributed by atoms with van der Waals surface area (Å²) in [6, 6.07) is 17.8. The summed E-state index contributed by atoms with van der Waals surface area (Å²) >= 11 is 0. The zero-order chi connectivity index (χ0) is 14.2. The van der Waals surface area contributed by atoms with Crippen molar-refractivity contribution >= 4 is 0 Å². The van der Waals surface area contributed by atoms with Gasteiger partial charge in [0.1, 0.15) is 5.75 Å². The largest absolute Gasteiger partial charge is 0.497 e. The lowest BCUT2D eigenvalue weighted by Gasteiger charge is -2.12. The molecule has 0 spiro atoms. The van der Waals surface area contributed by atoms with Gasteiger partial charge in [-0.1, -0.05) is 42.5 Å². The summed E-state index contributed by atoms with van der Waals surface area (Å²) in [6.45, 7) is 1.41. The lowest BCUT2D eigenvalue weighted by atomic mass is 10.1. The van der Waals surface area contributed by atoms with Crippen LogP contribution >= 0.6 is 0 Å². The Morgan fingerprint density at radius 1 is 1.05 bits per heavy atom. The Labute approximate surface area is 120 Å². The van der Waals surface area contributed by atoms with Gasteiger partial charge in [-0.05, 0) is 36.2 Å². The van der Waals surface area contributed by atoms with Crippen LogP contribution in [0.5, 0.6) is 5.75 Å². The zero-order valence-corrected chi connectivity index (χ0v) is 11.8. The van der Waals surface area contributed by atoms with Crippen LogP contribution in [0.4, 0.5) is 0 Å². The molecule has 0 unspecified atom stereocenters. The van der Waals surface area contributed by atoms with E-state index in [1.54, 1.807) is 7.11 Å². The maximum Gasteiger partial charge on any atom is 0.118 e. The van der Waals surface area contributed by atoms with E-state index in [1.807, 2.05) is 42.5 Å². The topological polar surface area (TPSA) is 41.5 Å². The van der Waals surface area contributed by atoms with Crippen molar-refractivity contribution in [2.24, 2.45) is 0 Å². The minimum Gasteiger partial charge on any atom is -0.497 e. The van der Waals surface area contributed by atoms with Crippen LogP contribution in [0, 0.1) is 0 Å². The molecule has 2 N–H and O–H groups in total. The van der Waals surface area contributed by atoms with Crippen LogP contribution in [0.3, 0.4) is 0 Å². The smallest absolute Gasteiger partial charge is 0.118 e. The van der Waals surface area contributed by atoms with Crippen LogP contribution in [-0.2, 0) is 6.42 Å². The molecule has 3 heteroatoms. The Hall–Kier alpha value is -1.84. The molecule has 2 aromatic rings. The lowest BCUT2D eigenvalue weighted by molar-refractivity contribution is 0.175. The Morgan fingerprint density at radius 2 is 1.75 bits per heavy atom. The summed E-state index contributed by atoms with van der Waals surface area (Å²) in [7, 11) is 1.67.